The van der Waals surface area contributed by atoms with Crippen LogP contribution in [0.5, 0.6) is 0 Å². The highest BCUT2D eigenvalue weighted by atomic mass is 32.2. The molecular weight excluding hydrogens is 244 g/mol. The van der Waals surface area contributed by atoms with Gasteiger partial charge in [0.05, 0.1) is 0 Å². The zero-order valence-corrected chi connectivity index (χ0v) is 11.8. The number of carbonyl (C=O) groups is 1. The summed E-state index contributed by atoms with van der Waals surface area (Å²) in [4.78, 5) is 11.7. The highest BCUT2D eigenvalue weighted by Crippen LogP contribution is 2.25. The van der Waals surface area contributed by atoms with Crippen molar-refractivity contribution in [2.75, 3.05) is 5.75 Å². The van der Waals surface area contributed by atoms with Gasteiger partial charge in [-0.25, -0.2) is 4.79 Å². The lowest BCUT2D eigenvalue weighted by Crippen LogP contribution is -1.87. The molecule has 0 spiro atoms. The van der Waals surface area contributed by atoms with Gasteiger partial charge in [0.15, 0.2) is 0 Å². The van der Waals surface area contributed by atoms with Crippen molar-refractivity contribution < 1.29 is 9.90 Å². The Kier molecular flexibility index (Phi) is 6.58. The number of hydrogen-bond acceptors (Lipinski definition) is 2. The standard InChI is InChI=1S/C15H20O2S/c1-3-4-5-10-18-14-11-13(7-6-12(14)2)8-9-15(16)17/h6-9,11H,3-5,10H2,1-2H3,(H,16,17)/b9-8+. The first-order valence-corrected chi connectivity index (χ1v) is 7.26. The fourth-order valence-electron chi connectivity index (χ4n) is 1.58. The van der Waals surface area contributed by atoms with E-state index in [9.17, 15) is 4.79 Å². The number of carboxylic acids is 1. The minimum Gasteiger partial charge on any atom is -0.478 e. The maximum Gasteiger partial charge on any atom is 0.328 e. The monoisotopic (exact) mass is 264 g/mol. The highest BCUT2D eigenvalue weighted by molar-refractivity contribution is 7.99. The van der Waals surface area contributed by atoms with Crippen LogP contribution < -0.4 is 0 Å². The summed E-state index contributed by atoms with van der Waals surface area (Å²) in [5, 5.41) is 8.61. The molecule has 2 nitrogen and oxygen atoms in total. The maximum atomic E-state index is 10.5. The normalized spacial score (nSPS) is 11.0. The van der Waals surface area contributed by atoms with Crippen LogP contribution in [-0.2, 0) is 4.79 Å². The van der Waals surface area contributed by atoms with Gasteiger partial charge in [-0.15, -0.1) is 11.8 Å². The lowest BCUT2D eigenvalue weighted by molar-refractivity contribution is -0.131. The van der Waals surface area contributed by atoms with Crippen LogP contribution in [0.15, 0.2) is 29.2 Å². The van der Waals surface area contributed by atoms with Gasteiger partial charge >= 0.3 is 5.97 Å². The van der Waals surface area contributed by atoms with E-state index in [1.165, 1.54) is 35.8 Å². The van der Waals surface area contributed by atoms with Crippen LogP contribution in [0, 0.1) is 6.92 Å². The second-order valence-corrected chi connectivity index (χ2v) is 5.39. The number of rotatable bonds is 7. The predicted molar refractivity (Wildman–Crippen MR) is 78.1 cm³/mol. The molecule has 3 heteroatoms. The summed E-state index contributed by atoms with van der Waals surface area (Å²) in [6, 6.07) is 6.06. The minimum absolute atomic E-state index is 0.910. The molecule has 0 amide bonds. The number of carboxylic acid groups (broad SMARTS) is 1. The molecule has 0 fully saturated rings. The first-order valence-electron chi connectivity index (χ1n) is 6.28. The van der Waals surface area contributed by atoms with Crippen LogP contribution in [0.1, 0.15) is 37.3 Å². The summed E-state index contributed by atoms with van der Waals surface area (Å²) in [5.41, 5.74) is 2.20. The summed E-state index contributed by atoms with van der Waals surface area (Å²) < 4.78 is 0. The fourth-order valence-corrected chi connectivity index (χ4v) is 2.66. The quantitative estimate of drug-likeness (QED) is 0.451. The Morgan fingerprint density at radius 3 is 2.83 bits per heavy atom. The molecule has 18 heavy (non-hydrogen) atoms. The van der Waals surface area contributed by atoms with E-state index in [1.54, 1.807) is 6.08 Å². The molecule has 0 aliphatic rings. The van der Waals surface area contributed by atoms with Crippen molar-refractivity contribution in [2.24, 2.45) is 0 Å². The molecule has 1 aromatic rings. The molecule has 1 N–H and O–H groups in total. The zero-order valence-electron chi connectivity index (χ0n) is 11.0. The minimum atomic E-state index is -0.910. The average molecular weight is 264 g/mol. The van der Waals surface area contributed by atoms with Crippen LogP contribution in [0.2, 0.25) is 0 Å². The van der Waals surface area contributed by atoms with Crippen LogP contribution in [0.25, 0.3) is 6.08 Å². The molecule has 0 unspecified atom stereocenters. The molecule has 0 heterocycles. The van der Waals surface area contributed by atoms with Crippen LogP contribution in [-0.4, -0.2) is 16.8 Å². The molecule has 0 saturated heterocycles. The summed E-state index contributed by atoms with van der Waals surface area (Å²) in [6.07, 6.45) is 6.55. The summed E-state index contributed by atoms with van der Waals surface area (Å²) >= 11 is 1.85. The van der Waals surface area contributed by atoms with Crippen molar-refractivity contribution in [3.8, 4) is 0 Å². The number of thioether (sulfide) groups is 1. The molecule has 0 aromatic heterocycles. The van der Waals surface area contributed by atoms with Crippen molar-refractivity contribution in [2.45, 2.75) is 38.0 Å². The highest BCUT2D eigenvalue weighted by Gasteiger charge is 2.00. The van der Waals surface area contributed by atoms with E-state index in [2.05, 4.69) is 19.9 Å². The number of hydrogen-bond donors (Lipinski definition) is 1. The van der Waals surface area contributed by atoms with Gasteiger partial charge in [0.2, 0.25) is 0 Å². The molecular formula is C15H20O2S. The van der Waals surface area contributed by atoms with Gasteiger partial charge in [-0.05, 0) is 42.4 Å². The lowest BCUT2D eigenvalue weighted by Gasteiger charge is -2.06. The summed E-state index contributed by atoms with van der Waals surface area (Å²) in [7, 11) is 0. The van der Waals surface area contributed by atoms with E-state index in [0.717, 1.165) is 11.3 Å². The van der Waals surface area contributed by atoms with Gasteiger partial charge < -0.3 is 5.11 Å². The van der Waals surface area contributed by atoms with Crippen LogP contribution >= 0.6 is 11.8 Å². The van der Waals surface area contributed by atoms with E-state index in [1.807, 2.05) is 23.9 Å². The third-order valence-electron chi connectivity index (χ3n) is 2.64. The largest absolute Gasteiger partial charge is 0.478 e. The van der Waals surface area contributed by atoms with Crippen LogP contribution in [0.3, 0.4) is 0 Å². The lowest BCUT2D eigenvalue weighted by atomic mass is 10.1. The van der Waals surface area contributed by atoms with E-state index in [4.69, 9.17) is 5.11 Å². The molecule has 0 atom stereocenters. The Morgan fingerprint density at radius 1 is 1.39 bits per heavy atom. The van der Waals surface area contributed by atoms with Crippen molar-refractivity contribution in [3.63, 3.8) is 0 Å². The SMILES string of the molecule is CCCCCSc1cc(/C=C/C(=O)O)ccc1C. The van der Waals surface area contributed by atoms with E-state index in [0.29, 0.717) is 0 Å². The Morgan fingerprint density at radius 2 is 2.17 bits per heavy atom. The van der Waals surface area contributed by atoms with Crippen molar-refractivity contribution in [1.29, 1.82) is 0 Å². The van der Waals surface area contributed by atoms with E-state index >= 15 is 0 Å². The molecule has 1 rings (SSSR count). The third-order valence-corrected chi connectivity index (χ3v) is 3.88. The van der Waals surface area contributed by atoms with Gasteiger partial charge in [-0.1, -0.05) is 31.9 Å². The summed E-state index contributed by atoms with van der Waals surface area (Å²) in [6.45, 7) is 4.29. The predicted octanol–water partition coefficient (Wildman–Crippen LogP) is 4.38. The molecule has 1 aromatic carbocycles. The van der Waals surface area contributed by atoms with Gasteiger partial charge in [0, 0.05) is 11.0 Å². The number of aryl methyl sites for hydroxylation is 1. The second-order valence-electron chi connectivity index (χ2n) is 4.25. The number of aliphatic carboxylic acids is 1. The van der Waals surface area contributed by atoms with Crippen LogP contribution in [0.4, 0.5) is 0 Å². The van der Waals surface area contributed by atoms with E-state index in [-0.39, 0.29) is 0 Å². The zero-order chi connectivity index (χ0) is 13.4. The second kappa shape index (κ2) is 7.98. The molecule has 0 bridgehead atoms. The van der Waals surface area contributed by atoms with Crippen molar-refractivity contribution in [1.82, 2.24) is 0 Å². The van der Waals surface area contributed by atoms with Gasteiger partial charge in [-0.3, -0.25) is 0 Å². The van der Waals surface area contributed by atoms with Gasteiger partial charge in [0.25, 0.3) is 0 Å². The topological polar surface area (TPSA) is 37.3 Å². The number of unbranched alkanes of at least 4 members (excludes halogenated alkanes) is 2. The first-order chi connectivity index (χ1) is 8.63. The number of benzene rings is 1. The first kappa shape index (κ1) is 14.8. The van der Waals surface area contributed by atoms with Crippen molar-refractivity contribution >= 4 is 23.8 Å². The summed E-state index contributed by atoms with van der Waals surface area (Å²) in [5.74, 6) is 0.216. The Labute approximate surface area is 113 Å². The molecule has 98 valence electrons. The van der Waals surface area contributed by atoms with E-state index < -0.39 is 5.97 Å². The third kappa shape index (κ3) is 5.41. The molecule has 0 aliphatic carbocycles. The Hall–Kier alpha value is -1.22. The molecule has 0 saturated carbocycles. The molecule has 0 radical (unpaired) electrons. The maximum absolute atomic E-state index is 10.5. The smallest absolute Gasteiger partial charge is 0.328 e. The Balaban J connectivity index is 2.66. The van der Waals surface area contributed by atoms with Gasteiger partial charge in [-0.2, -0.15) is 0 Å². The van der Waals surface area contributed by atoms with Crippen molar-refractivity contribution in [3.05, 3.63) is 35.4 Å². The average Bonchev–Trinajstić information content (AvgIpc) is 2.35. The Bertz CT molecular complexity index is 425. The molecule has 0 aliphatic heterocycles. The fraction of sp³-hybridized carbons (Fsp3) is 0.400. The van der Waals surface area contributed by atoms with Gasteiger partial charge in [0.1, 0.15) is 0 Å².